The molecule has 0 unspecified atom stereocenters. The second-order valence-electron chi connectivity index (χ2n) is 6.56. The van der Waals surface area contributed by atoms with Gasteiger partial charge in [0.1, 0.15) is 11.9 Å². The summed E-state index contributed by atoms with van der Waals surface area (Å²) in [5, 5.41) is 0.670. The molecule has 2 N–H and O–H groups in total. The van der Waals surface area contributed by atoms with Gasteiger partial charge in [-0.25, -0.2) is 0 Å². The minimum absolute atomic E-state index is 0.157. The monoisotopic (exact) mass is 370 g/mol. The Morgan fingerprint density at radius 1 is 1.19 bits per heavy atom. The first-order valence-corrected chi connectivity index (χ1v) is 9.13. The molecule has 2 aromatic carbocycles. The molecule has 0 heterocycles. The molecule has 1 aliphatic rings. The highest BCUT2D eigenvalue weighted by atomic mass is 35.5. The lowest BCUT2D eigenvalue weighted by molar-refractivity contribution is -0.114. The van der Waals surface area contributed by atoms with Crippen LogP contribution < -0.4 is 15.4 Å². The number of benzene rings is 2. The Balaban J connectivity index is 1.72. The third-order valence-electron chi connectivity index (χ3n) is 4.57. The Hall–Kier alpha value is -2.30. The van der Waals surface area contributed by atoms with E-state index in [0.717, 1.165) is 36.3 Å². The van der Waals surface area contributed by atoms with E-state index in [1.807, 2.05) is 48.5 Å². The van der Waals surface area contributed by atoms with Crippen LogP contribution in [0.5, 0.6) is 5.75 Å². The van der Waals surface area contributed by atoms with Crippen LogP contribution in [0.15, 0.2) is 61.2 Å². The summed E-state index contributed by atoms with van der Waals surface area (Å²) >= 11 is 5.93. The Kier molecular flexibility index (Phi) is 5.96. The number of nitrogens with two attached hydrogens (primary N) is 1. The molecule has 4 nitrogen and oxygen atoms in total. The number of hydrogen-bond acceptors (Lipinski definition) is 3. The van der Waals surface area contributed by atoms with E-state index in [1.165, 1.54) is 6.08 Å². The molecule has 26 heavy (non-hydrogen) atoms. The summed E-state index contributed by atoms with van der Waals surface area (Å²) in [7, 11) is 0. The zero-order valence-electron chi connectivity index (χ0n) is 14.6. The Labute approximate surface area is 159 Å². The molecule has 0 bridgehead atoms. The molecule has 0 aliphatic heterocycles. The number of nitrogens with zero attached hydrogens (tertiary/aromatic N) is 1. The molecule has 2 atom stereocenters. The van der Waals surface area contributed by atoms with E-state index in [9.17, 15) is 4.79 Å². The van der Waals surface area contributed by atoms with Crippen LogP contribution in [0, 0.1) is 0 Å². The van der Waals surface area contributed by atoms with E-state index >= 15 is 0 Å². The van der Waals surface area contributed by atoms with Gasteiger partial charge in [-0.3, -0.25) is 4.79 Å². The fraction of sp³-hybridized carbons (Fsp3) is 0.286. The molecule has 0 radical (unpaired) electrons. The molecular weight excluding hydrogens is 348 g/mol. The van der Waals surface area contributed by atoms with E-state index in [0.29, 0.717) is 11.6 Å². The Morgan fingerprint density at radius 3 is 2.46 bits per heavy atom. The molecule has 1 amide bonds. The van der Waals surface area contributed by atoms with Crippen molar-refractivity contribution in [2.24, 2.45) is 5.73 Å². The fourth-order valence-electron chi connectivity index (χ4n) is 3.16. The normalized spacial score (nSPS) is 19.2. The summed E-state index contributed by atoms with van der Waals surface area (Å²) in [5.74, 6) is 0.640. The van der Waals surface area contributed by atoms with E-state index in [1.54, 1.807) is 4.90 Å². The van der Waals surface area contributed by atoms with Gasteiger partial charge in [0.25, 0.3) is 5.91 Å². The largest absolute Gasteiger partial charge is 0.490 e. The van der Waals surface area contributed by atoms with Crippen LogP contribution in [0.25, 0.3) is 0 Å². The molecule has 2 aromatic rings. The highest BCUT2D eigenvalue weighted by Gasteiger charge is 2.23. The predicted octanol–water partition coefficient (Wildman–Crippen LogP) is 4.32. The summed E-state index contributed by atoms with van der Waals surface area (Å²) in [4.78, 5) is 14.0. The van der Waals surface area contributed by atoms with Crippen molar-refractivity contribution < 1.29 is 9.53 Å². The average molecular weight is 371 g/mol. The zero-order chi connectivity index (χ0) is 18.5. The van der Waals surface area contributed by atoms with E-state index in [4.69, 9.17) is 22.1 Å². The lowest BCUT2D eigenvalue weighted by Crippen LogP contribution is -2.28. The summed E-state index contributed by atoms with van der Waals surface area (Å²) in [6, 6.07) is 15.3. The maximum Gasteiger partial charge on any atom is 0.250 e. The topological polar surface area (TPSA) is 55.6 Å². The van der Waals surface area contributed by atoms with Crippen molar-refractivity contribution in [1.82, 2.24) is 0 Å². The number of rotatable bonds is 6. The Morgan fingerprint density at radius 2 is 1.88 bits per heavy atom. The maximum absolute atomic E-state index is 12.3. The number of halogens is 1. The summed E-state index contributed by atoms with van der Waals surface area (Å²) in [6.07, 6.45) is 4.38. The molecule has 0 saturated heterocycles. The van der Waals surface area contributed by atoms with E-state index in [2.05, 4.69) is 6.58 Å². The van der Waals surface area contributed by atoms with Crippen molar-refractivity contribution in [2.75, 3.05) is 4.90 Å². The maximum atomic E-state index is 12.3. The van der Waals surface area contributed by atoms with E-state index < -0.39 is 0 Å². The van der Waals surface area contributed by atoms with Gasteiger partial charge >= 0.3 is 0 Å². The van der Waals surface area contributed by atoms with Gasteiger partial charge in [-0.05, 0) is 67.3 Å². The van der Waals surface area contributed by atoms with Gasteiger partial charge in [-0.2, -0.15) is 0 Å². The first-order valence-electron chi connectivity index (χ1n) is 8.76. The second-order valence-corrected chi connectivity index (χ2v) is 7.00. The van der Waals surface area contributed by atoms with Gasteiger partial charge in [-0.15, -0.1) is 0 Å². The fourth-order valence-corrected chi connectivity index (χ4v) is 3.28. The van der Waals surface area contributed by atoms with Crippen molar-refractivity contribution in [3.8, 4) is 5.75 Å². The molecule has 0 aromatic heterocycles. The zero-order valence-corrected chi connectivity index (χ0v) is 15.4. The first kappa shape index (κ1) is 18.5. The number of anilines is 1. The Bertz CT molecular complexity index is 759. The lowest BCUT2D eigenvalue weighted by atomic mass is 10.2. The summed E-state index contributed by atoms with van der Waals surface area (Å²) in [5.41, 5.74) is 7.71. The molecule has 136 valence electrons. The molecular formula is C21H23ClN2O2. The first-order chi connectivity index (χ1) is 12.5. The summed E-state index contributed by atoms with van der Waals surface area (Å²) < 4.78 is 5.98. The second kappa shape index (κ2) is 8.39. The van der Waals surface area contributed by atoms with Gasteiger partial charge in [-0.1, -0.05) is 30.3 Å². The third kappa shape index (κ3) is 4.65. The van der Waals surface area contributed by atoms with Gasteiger partial charge in [0.05, 0.1) is 6.54 Å². The highest BCUT2D eigenvalue weighted by Crippen LogP contribution is 2.26. The molecule has 1 saturated carbocycles. The standard InChI is InChI=1S/C21H23ClN2O2/c1-2-21(25)24(14-15-3-5-16(22)6-4-15)18-8-11-19(12-9-18)26-20-10-7-17(23)13-20/h2-6,8-9,11-12,17,20H,1,7,10,13-14,23H2/t17-,20-/m1/s1. The van der Waals surface area contributed by atoms with Crippen molar-refractivity contribution in [2.45, 2.75) is 38.0 Å². The molecule has 1 aliphatic carbocycles. The number of amides is 1. The number of hydrogen-bond donors (Lipinski definition) is 1. The van der Waals surface area contributed by atoms with Crippen molar-refractivity contribution in [3.63, 3.8) is 0 Å². The van der Waals surface area contributed by atoms with Gasteiger partial charge in [0, 0.05) is 16.8 Å². The van der Waals surface area contributed by atoms with Crippen molar-refractivity contribution in [1.29, 1.82) is 0 Å². The molecule has 1 fully saturated rings. The van der Waals surface area contributed by atoms with Crippen LogP contribution in [0.4, 0.5) is 5.69 Å². The lowest BCUT2D eigenvalue weighted by Gasteiger charge is -2.22. The number of ether oxygens (including phenoxy) is 1. The predicted molar refractivity (Wildman–Crippen MR) is 106 cm³/mol. The number of carbonyl (C=O) groups is 1. The van der Waals surface area contributed by atoms with Gasteiger partial charge in [0.2, 0.25) is 0 Å². The SMILES string of the molecule is C=CC(=O)N(Cc1ccc(Cl)cc1)c1ccc(O[C@@H]2CC[C@@H](N)C2)cc1. The quantitative estimate of drug-likeness (QED) is 0.770. The smallest absolute Gasteiger partial charge is 0.250 e. The van der Waals surface area contributed by atoms with Gasteiger partial charge < -0.3 is 15.4 Å². The average Bonchev–Trinajstić information content (AvgIpc) is 3.06. The van der Waals surface area contributed by atoms with Crippen LogP contribution in [-0.2, 0) is 11.3 Å². The molecule has 0 spiro atoms. The van der Waals surface area contributed by atoms with Crippen LogP contribution >= 0.6 is 11.6 Å². The van der Waals surface area contributed by atoms with Crippen molar-refractivity contribution in [3.05, 3.63) is 71.8 Å². The van der Waals surface area contributed by atoms with Crippen LogP contribution in [-0.4, -0.2) is 18.1 Å². The minimum atomic E-state index is -0.157. The van der Waals surface area contributed by atoms with Crippen LogP contribution in [0.1, 0.15) is 24.8 Å². The van der Waals surface area contributed by atoms with Crippen molar-refractivity contribution >= 4 is 23.2 Å². The van der Waals surface area contributed by atoms with E-state index in [-0.39, 0.29) is 18.1 Å². The van der Waals surface area contributed by atoms with Crippen LogP contribution in [0.2, 0.25) is 5.02 Å². The van der Waals surface area contributed by atoms with Gasteiger partial charge in [0.15, 0.2) is 0 Å². The highest BCUT2D eigenvalue weighted by molar-refractivity contribution is 6.30. The number of carbonyl (C=O) groups excluding carboxylic acids is 1. The minimum Gasteiger partial charge on any atom is -0.490 e. The van der Waals surface area contributed by atoms with Crippen LogP contribution in [0.3, 0.4) is 0 Å². The summed E-state index contributed by atoms with van der Waals surface area (Å²) in [6.45, 7) is 4.05. The molecule has 3 rings (SSSR count). The molecule has 5 heteroatoms. The third-order valence-corrected chi connectivity index (χ3v) is 4.82.